The van der Waals surface area contributed by atoms with Gasteiger partial charge in [-0.05, 0) is 149 Å². The van der Waals surface area contributed by atoms with E-state index in [1.807, 2.05) is 0 Å². The van der Waals surface area contributed by atoms with E-state index < -0.39 is 0 Å². The molecule has 356 valence electrons. The quantitative estimate of drug-likeness (QED) is 0.138. The number of rotatable bonds is 8. The molecule has 2 heteroatoms. The molecule has 0 saturated heterocycles. The molecule has 0 aliphatic rings. The van der Waals surface area contributed by atoms with Gasteiger partial charge >= 0.3 is 0 Å². The Hall–Kier alpha value is -8.72. The van der Waals surface area contributed by atoms with Crippen LogP contribution in [0.15, 0.2) is 243 Å². The van der Waals surface area contributed by atoms with E-state index in [0.717, 1.165) is 17.1 Å². The third kappa shape index (κ3) is 7.72. The summed E-state index contributed by atoms with van der Waals surface area (Å²) < 4.78 is 2.51. The van der Waals surface area contributed by atoms with Gasteiger partial charge in [0, 0.05) is 32.9 Å². The minimum atomic E-state index is -0.132. The number of benzene rings is 12. The fourth-order valence-corrected chi connectivity index (χ4v) is 11.6. The lowest BCUT2D eigenvalue weighted by Gasteiger charge is -2.32. The van der Waals surface area contributed by atoms with Crippen LogP contribution in [0.3, 0.4) is 0 Å². The lowest BCUT2D eigenvalue weighted by atomic mass is 9.81. The van der Waals surface area contributed by atoms with Gasteiger partial charge in [0.2, 0.25) is 0 Å². The summed E-state index contributed by atoms with van der Waals surface area (Å²) in [5.41, 5.74) is 19.1. The Morgan fingerprint density at radius 2 is 0.824 bits per heavy atom. The Morgan fingerprint density at radius 3 is 1.38 bits per heavy atom. The van der Waals surface area contributed by atoms with Gasteiger partial charge in [0.25, 0.3) is 0 Å². The predicted molar refractivity (Wildman–Crippen MR) is 318 cm³/mol. The van der Waals surface area contributed by atoms with Gasteiger partial charge in [-0.25, -0.2) is 0 Å². The monoisotopic (exact) mass is 950 g/mol. The average Bonchev–Trinajstić information content (AvgIpc) is 3.77. The summed E-state index contributed by atoms with van der Waals surface area (Å²) in [5, 5.41) is 9.93. The summed E-state index contributed by atoms with van der Waals surface area (Å²) in [5.74, 6) is 0. The maximum atomic E-state index is 2.54. The van der Waals surface area contributed by atoms with Gasteiger partial charge in [0.15, 0.2) is 0 Å². The molecule has 0 saturated carbocycles. The van der Waals surface area contributed by atoms with Crippen LogP contribution in [0.1, 0.15) is 52.7 Å². The van der Waals surface area contributed by atoms with Gasteiger partial charge in [-0.2, -0.15) is 0 Å². The topological polar surface area (TPSA) is 8.17 Å². The van der Waals surface area contributed by atoms with Crippen molar-refractivity contribution in [3.63, 3.8) is 0 Å². The molecule has 0 atom stereocenters. The summed E-state index contributed by atoms with van der Waals surface area (Å²) >= 11 is 0. The van der Waals surface area contributed by atoms with Gasteiger partial charge in [0.05, 0.1) is 22.4 Å². The minimum absolute atomic E-state index is 0.100. The van der Waals surface area contributed by atoms with Crippen LogP contribution in [0, 0.1) is 0 Å². The molecule has 0 aliphatic carbocycles. The summed E-state index contributed by atoms with van der Waals surface area (Å²) in [6, 6.07) is 90.5. The molecule has 13 aromatic rings. The van der Waals surface area contributed by atoms with E-state index in [0.29, 0.717) is 0 Å². The van der Waals surface area contributed by atoms with Crippen LogP contribution in [0.4, 0.5) is 17.1 Å². The van der Waals surface area contributed by atoms with Crippen molar-refractivity contribution in [2.75, 3.05) is 4.90 Å². The van der Waals surface area contributed by atoms with Crippen molar-refractivity contribution in [1.29, 1.82) is 0 Å². The van der Waals surface area contributed by atoms with Crippen LogP contribution in [0.5, 0.6) is 0 Å². The molecule has 0 aliphatic heterocycles. The highest BCUT2D eigenvalue weighted by Gasteiger charge is 2.27. The molecule has 1 heterocycles. The van der Waals surface area contributed by atoms with Crippen LogP contribution in [-0.2, 0) is 10.8 Å². The lowest BCUT2D eigenvalue weighted by Crippen LogP contribution is -2.17. The van der Waals surface area contributed by atoms with Crippen molar-refractivity contribution in [2.45, 2.75) is 52.4 Å². The summed E-state index contributed by atoms with van der Waals surface area (Å²) in [7, 11) is 0. The van der Waals surface area contributed by atoms with Crippen molar-refractivity contribution < 1.29 is 0 Å². The standard InChI is InChI=1S/C72H58N2/c1-71(2,3)56-41-55(49-23-15-9-16-24-49)42-58(45-56)73(57-33-36-59(50-25-17-10-18-26-50)64(46-57)72(4,5)6)65-37-29-51-28-35-61-66(38-30-52-27-34-60(65)69(51)70(52)61)74-67-39-31-53(47-19-11-7-12-20-47)43-62(67)63-44-54(32-40-68(63)74)48-21-13-8-14-22-48/h7-46H,1-6H3. The molecule has 74 heavy (non-hydrogen) atoms. The van der Waals surface area contributed by atoms with Crippen LogP contribution in [0.25, 0.3) is 104 Å². The number of hydrogen-bond donors (Lipinski definition) is 0. The Labute approximate surface area is 434 Å². The lowest BCUT2D eigenvalue weighted by molar-refractivity contribution is 0.590. The highest BCUT2D eigenvalue weighted by molar-refractivity contribution is 6.27. The Balaban J connectivity index is 1.07. The molecule has 13 rings (SSSR count). The molecule has 2 nitrogen and oxygen atoms in total. The van der Waals surface area contributed by atoms with Gasteiger partial charge in [-0.15, -0.1) is 0 Å². The second-order valence-electron chi connectivity index (χ2n) is 22.2. The number of nitrogens with zero attached hydrogens (tertiary/aromatic N) is 2. The highest BCUT2D eigenvalue weighted by atomic mass is 15.1. The second-order valence-corrected chi connectivity index (χ2v) is 22.2. The Kier molecular flexibility index (Phi) is 10.7. The molecular weight excluding hydrogens is 893 g/mol. The fourth-order valence-electron chi connectivity index (χ4n) is 11.6. The van der Waals surface area contributed by atoms with E-state index >= 15 is 0 Å². The maximum absolute atomic E-state index is 2.54. The average molecular weight is 951 g/mol. The first-order chi connectivity index (χ1) is 36.0. The van der Waals surface area contributed by atoms with Gasteiger partial charge < -0.3 is 9.47 Å². The molecule has 0 unspecified atom stereocenters. The normalized spacial score (nSPS) is 12.2. The van der Waals surface area contributed by atoms with Gasteiger partial charge in [0.1, 0.15) is 0 Å². The predicted octanol–water partition coefficient (Wildman–Crippen LogP) is 20.4. The third-order valence-electron chi connectivity index (χ3n) is 15.4. The Morgan fingerprint density at radius 1 is 0.324 bits per heavy atom. The molecular formula is C72H58N2. The van der Waals surface area contributed by atoms with Crippen LogP contribution in [0.2, 0.25) is 0 Å². The largest absolute Gasteiger partial charge is 0.310 e. The van der Waals surface area contributed by atoms with Crippen molar-refractivity contribution in [1.82, 2.24) is 4.57 Å². The number of aromatic nitrogens is 1. The highest BCUT2D eigenvalue weighted by Crippen LogP contribution is 2.49. The minimum Gasteiger partial charge on any atom is -0.310 e. The molecule has 0 N–H and O–H groups in total. The summed E-state index contributed by atoms with van der Waals surface area (Å²) in [4.78, 5) is 2.54. The molecule has 0 radical (unpaired) electrons. The molecule has 0 spiro atoms. The zero-order chi connectivity index (χ0) is 50.3. The van der Waals surface area contributed by atoms with E-state index in [1.54, 1.807) is 0 Å². The molecule has 1 aromatic heterocycles. The first-order valence-corrected chi connectivity index (χ1v) is 26.1. The van der Waals surface area contributed by atoms with Crippen molar-refractivity contribution in [3.05, 3.63) is 254 Å². The zero-order valence-corrected chi connectivity index (χ0v) is 43.0. The smallest absolute Gasteiger partial charge is 0.0541 e. The fraction of sp³-hybridized carbons (Fsp3) is 0.111. The van der Waals surface area contributed by atoms with Crippen molar-refractivity contribution in [3.8, 4) is 50.2 Å². The molecule has 12 aromatic carbocycles. The third-order valence-corrected chi connectivity index (χ3v) is 15.4. The number of fused-ring (bicyclic) bond motifs is 3. The zero-order valence-electron chi connectivity index (χ0n) is 43.0. The van der Waals surface area contributed by atoms with E-state index in [-0.39, 0.29) is 10.8 Å². The van der Waals surface area contributed by atoms with Crippen molar-refractivity contribution >= 4 is 71.2 Å². The van der Waals surface area contributed by atoms with E-state index in [1.165, 1.54) is 115 Å². The second kappa shape index (κ2) is 17.5. The van der Waals surface area contributed by atoms with Crippen LogP contribution in [-0.4, -0.2) is 4.57 Å². The van der Waals surface area contributed by atoms with Crippen molar-refractivity contribution in [2.24, 2.45) is 0 Å². The van der Waals surface area contributed by atoms with Gasteiger partial charge in [-0.3, -0.25) is 0 Å². The summed E-state index contributed by atoms with van der Waals surface area (Å²) in [6.45, 7) is 14.0. The van der Waals surface area contributed by atoms with E-state index in [4.69, 9.17) is 0 Å². The number of anilines is 3. The number of hydrogen-bond acceptors (Lipinski definition) is 1. The van der Waals surface area contributed by atoms with Crippen LogP contribution < -0.4 is 4.90 Å². The molecule has 0 amide bonds. The molecule has 0 fully saturated rings. The SMILES string of the molecule is CC(C)(C)c1cc(-c2ccccc2)cc(N(c2ccc(-c3ccccc3)c(C(C)(C)C)c2)c2ccc3ccc4c(-n5c6ccc(-c7ccccc7)cc6c6cc(-c7ccccc7)ccc65)ccc5ccc2c3c54)c1. The van der Waals surface area contributed by atoms with E-state index in [2.05, 4.69) is 294 Å². The maximum Gasteiger partial charge on any atom is 0.0541 e. The first-order valence-electron chi connectivity index (χ1n) is 26.1. The first kappa shape index (κ1) is 45.2. The summed E-state index contributed by atoms with van der Waals surface area (Å²) in [6.07, 6.45) is 0. The van der Waals surface area contributed by atoms with Crippen LogP contribution >= 0.6 is 0 Å². The molecule has 0 bridgehead atoms. The Bertz CT molecular complexity index is 4130. The van der Waals surface area contributed by atoms with Gasteiger partial charge in [-0.1, -0.05) is 224 Å². The van der Waals surface area contributed by atoms with E-state index in [9.17, 15) is 0 Å².